The summed E-state index contributed by atoms with van der Waals surface area (Å²) < 4.78 is 13.3. The van der Waals surface area contributed by atoms with E-state index in [4.69, 9.17) is 15.2 Å². The lowest BCUT2D eigenvalue weighted by Gasteiger charge is -2.11. The average Bonchev–Trinajstić information content (AvgIpc) is 2.89. The van der Waals surface area contributed by atoms with Gasteiger partial charge in [-0.15, -0.1) is 0 Å². The number of nitrogens with two attached hydrogens (primary N) is 1. The van der Waals surface area contributed by atoms with Crippen LogP contribution in [0.15, 0.2) is 42.7 Å². The smallest absolute Gasteiger partial charge is 0.161 e. The minimum absolute atomic E-state index is 0.570. The Morgan fingerprint density at radius 3 is 2.47 bits per heavy atom. The summed E-state index contributed by atoms with van der Waals surface area (Å²) in [6, 6.07) is 9.75. The Morgan fingerprint density at radius 1 is 1.11 bits per heavy atom. The van der Waals surface area contributed by atoms with E-state index < -0.39 is 0 Å². The van der Waals surface area contributed by atoms with E-state index in [-0.39, 0.29) is 0 Å². The molecule has 0 aliphatic heterocycles. The summed E-state index contributed by atoms with van der Waals surface area (Å²) in [6.45, 7) is 4.56. The summed E-state index contributed by atoms with van der Waals surface area (Å²) in [4.78, 5) is 0. The molecule has 4 nitrogen and oxygen atoms in total. The Labute approximate surface area is 113 Å². The third kappa shape index (κ3) is 3.76. The van der Waals surface area contributed by atoms with E-state index in [0.717, 1.165) is 23.6 Å². The van der Waals surface area contributed by atoms with Gasteiger partial charge in [0.25, 0.3) is 0 Å². The van der Waals surface area contributed by atoms with Crippen molar-refractivity contribution in [2.75, 3.05) is 13.2 Å². The SMILES string of the molecule is CCOc1ccccc1OCCn1ccc(CN)c1. The van der Waals surface area contributed by atoms with Crippen LogP contribution in [-0.4, -0.2) is 17.8 Å². The standard InChI is InChI=1S/C15H20N2O2/c1-2-18-14-5-3-4-6-15(14)19-10-9-17-8-7-13(11-16)12-17/h3-8,12H,2,9-11,16H2,1H3. The van der Waals surface area contributed by atoms with Crippen molar-refractivity contribution in [2.45, 2.75) is 20.0 Å². The van der Waals surface area contributed by atoms with E-state index in [9.17, 15) is 0 Å². The molecule has 1 aromatic heterocycles. The average molecular weight is 260 g/mol. The maximum absolute atomic E-state index is 5.76. The normalized spacial score (nSPS) is 10.4. The molecule has 4 heteroatoms. The van der Waals surface area contributed by atoms with E-state index >= 15 is 0 Å². The molecule has 0 aliphatic carbocycles. The highest BCUT2D eigenvalue weighted by Crippen LogP contribution is 2.26. The second-order valence-electron chi connectivity index (χ2n) is 4.19. The minimum Gasteiger partial charge on any atom is -0.490 e. The number of nitrogens with zero attached hydrogens (tertiary/aromatic N) is 1. The second kappa shape index (κ2) is 6.85. The van der Waals surface area contributed by atoms with Crippen molar-refractivity contribution in [3.05, 3.63) is 48.3 Å². The Hall–Kier alpha value is -1.94. The van der Waals surface area contributed by atoms with Gasteiger partial charge < -0.3 is 19.8 Å². The number of aromatic nitrogens is 1. The third-order valence-electron chi connectivity index (χ3n) is 2.80. The van der Waals surface area contributed by atoms with Crippen molar-refractivity contribution in [1.82, 2.24) is 4.57 Å². The molecule has 1 aromatic carbocycles. The zero-order valence-electron chi connectivity index (χ0n) is 11.2. The fraction of sp³-hybridized carbons (Fsp3) is 0.333. The quantitative estimate of drug-likeness (QED) is 0.831. The number of hydrogen-bond acceptors (Lipinski definition) is 3. The van der Waals surface area contributed by atoms with Gasteiger partial charge >= 0.3 is 0 Å². The molecule has 0 radical (unpaired) electrons. The molecule has 2 N–H and O–H groups in total. The first-order chi connectivity index (χ1) is 9.33. The molecule has 0 aliphatic rings. The predicted molar refractivity (Wildman–Crippen MR) is 75.4 cm³/mol. The van der Waals surface area contributed by atoms with Gasteiger partial charge in [0.05, 0.1) is 13.2 Å². The maximum atomic E-state index is 5.76. The minimum atomic E-state index is 0.570. The number of hydrogen-bond donors (Lipinski definition) is 1. The number of rotatable bonds is 7. The van der Waals surface area contributed by atoms with Gasteiger partial charge in [-0.25, -0.2) is 0 Å². The van der Waals surface area contributed by atoms with Crippen LogP contribution in [0.4, 0.5) is 0 Å². The molecule has 0 spiro atoms. The van der Waals surface area contributed by atoms with Gasteiger partial charge in [0.15, 0.2) is 11.5 Å². The Morgan fingerprint density at radius 2 is 1.84 bits per heavy atom. The molecular formula is C15H20N2O2. The lowest BCUT2D eigenvalue weighted by atomic mass is 10.3. The van der Waals surface area contributed by atoms with Crippen LogP contribution in [0.5, 0.6) is 11.5 Å². The van der Waals surface area contributed by atoms with Gasteiger partial charge in [0, 0.05) is 18.9 Å². The molecule has 0 unspecified atom stereocenters. The van der Waals surface area contributed by atoms with Crippen LogP contribution >= 0.6 is 0 Å². The van der Waals surface area contributed by atoms with Crippen molar-refractivity contribution < 1.29 is 9.47 Å². The van der Waals surface area contributed by atoms with Crippen LogP contribution in [0.3, 0.4) is 0 Å². The number of para-hydroxylation sites is 2. The molecule has 0 saturated heterocycles. The fourth-order valence-corrected chi connectivity index (χ4v) is 1.86. The fourth-order valence-electron chi connectivity index (χ4n) is 1.86. The van der Waals surface area contributed by atoms with Crippen molar-refractivity contribution in [3.8, 4) is 11.5 Å². The highest BCUT2D eigenvalue weighted by molar-refractivity contribution is 5.39. The van der Waals surface area contributed by atoms with Crippen LogP contribution < -0.4 is 15.2 Å². The third-order valence-corrected chi connectivity index (χ3v) is 2.80. The zero-order valence-corrected chi connectivity index (χ0v) is 11.2. The largest absolute Gasteiger partial charge is 0.490 e. The van der Waals surface area contributed by atoms with Crippen molar-refractivity contribution in [1.29, 1.82) is 0 Å². The topological polar surface area (TPSA) is 49.4 Å². The van der Waals surface area contributed by atoms with Crippen LogP contribution in [-0.2, 0) is 13.1 Å². The van der Waals surface area contributed by atoms with Gasteiger partial charge in [-0.05, 0) is 30.7 Å². The van der Waals surface area contributed by atoms with Gasteiger partial charge in [-0.1, -0.05) is 12.1 Å². The predicted octanol–water partition coefficient (Wildman–Crippen LogP) is 2.42. The van der Waals surface area contributed by atoms with E-state index in [1.54, 1.807) is 0 Å². The van der Waals surface area contributed by atoms with E-state index in [0.29, 0.717) is 19.8 Å². The molecule has 0 fully saturated rings. The highest BCUT2D eigenvalue weighted by Gasteiger charge is 2.03. The van der Waals surface area contributed by atoms with Crippen LogP contribution in [0.25, 0.3) is 0 Å². The molecule has 0 atom stereocenters. The molecular weight excluding hydrogens is 240 g/mol. The lowest BCUT2D eigenvalue weighted by molar-refractivity contribution is 0.266. The summed E-state index contributed by atoms with van der Waals surface area (Å²) in [5.74, 6) is 1.58. The second-order valence-corrected chi connectivity index (χ2v) is 4.19. The zero-order chi connectivity index (χ0) is 13.5. The van der Waals surface area contributed by atoms with E-state index in [2.05, 4.69) is 4.57 Å². The lowest BCUT2D eigenvalue weighted by Crippen LogP contribution is -2.07. The highest BCUT2D eigenvalue weighted by atomic mass is 16.5. The molecule has 0 amide bonds. The maximum Gasteiger partial charge on any atom is 0.161 e. The Kier molecular flexibility index (Phi) is 4.86. The van der Waals surface area contributed by atoms with Crippen molar-refractivity contribution in [3.63, 3.8) is 0 Å². The molecule has 2 aromatic rings. The van der Waals surface area contributed by atoms with E-state index in [1.165, 1.54) is 0 Å². The van der Waals surface area contributed by atoms with E-state index in [1.807, 2.05) is 49.6 Å². The van der Waals surface area contributed by atoms with Gasteiger partial charge in [0.2, 0.25) is 0 Å². The molecule has 0 saturated carbocycles. The van der Waals surface area contributed by atoms with Gasteiger partial charge in [-0.3, -0.25) is 0 Å². The number of ether oxygens (including phenoxy) is 2. The Bertz CT molecular complexity index is 508. The summed E-state index contributed by atoms with van der Waals surface area (Å²) in [6.07, 6.45) is 4.05. The van der Waals surface area contributed by atoms with Crippen LogP contribution in [0, 0.1) is 0 Å². The number of benzene rings is 1. The van der Waals surface area contributed by atoms with Crippen molar-refractivity contribution in [2.24, 2.45) is 5.73 Å². The molecule has 102 valence electrons. The van der Waals surface area contributed by atoms with Crippen LogP contribution in [0.2, 0.25) is 0 Å². The first kappa shape index (κ1) is 13.5. The summed E-state index contributed by atoms with van der Waals surface area (Å²) in [5.41, 5.74) is 6.71. The summed E-state index contributed by atoms with van der Waals surface area (Å²) >= 11 is 0. The first-order valence-corrected chi connectivity index (χ1v) is 6.53. The summed E-state index contributed by atoms with van der Waals surface area (Å²) in [7, 11) is 0. The van der Waals surface area contributed by atoms with Crippen molar-refractivity contribution >= 4 is 0 Å². The first-order valence-electron chi connectivity index (χ1n) is 6.53. The molecule has 2 rings (SSSR count). The Balaban J connectivity index is 1.88. The van der Waals surface area contributed by atoms with Gasteiger partial charge in [-0.2, -0.15) is 0 Å². The van der Waals surface area contributed by atoms with Crippen LogP contribution in [0.1, 0.15) is 12.5 Å². The summed E-state index contributed by atoms with van der Waals surface area (Å²) in [5, 5.41) is 0. The monoisotopic (exact) mass is 260 g/mol. The molecule has 19 heavy (non-hydrogen) atoms. The molecule has 0 bridgehead atoms. The molecule has 1 heterocycles. The van der Waals surface area contributed by atoms with Gasteiger partial charge in [0.1, 0.15) is 6.61 Å².